The third-order valence-electron chi connectivity index (χ3n) is 2.20. The van der Waals surface area contributed by atoms with E-state index in [9.17, 15) is 4.79 Å². The second-order valence-electron chi connectivity index (χ2n) is 4.23. The lowest BCUT2D eigenvalue weighted by Crippen LogP contribution is -2.43. The highest BCUT2D eigenvalue weighted by Gasteiger charge is 2.10. The fourth-order valence-corrected chi connectivity index (χ4v) is 1.13. The smallest absolute Gasteiger partial charge is 0.236 e. The molecule has 0 aliphatic rings. The number of rotatable bonds is 8. The van der Waals surface area contributed by atoms with E-state index in [4.69, 9.17) is 5.11 Å². The number of carbonyl (C=O) groups excluding carboxylic acids is 1. The van der Waals surface area contributed by atoms with Crippen molar-refractivity contribution < 1.29 is 9.90 Å². The summed E-state index contributed by atoms with van der Waals surface area (Å²) in [5.41, 5.74) is 0. The third-order valence-corrected chi connectivity index (χ3v) is 2.20. The molecule has 1 unspecified atom stereocenters. The summed E-state index contributed by atoms with van der Waals surface area (Å²) in [6, 6.07) is -0.177. The Hall–Kier alpha value is -0.610. The van der Waals surface area contributed by atoms with Gasteiger partial charge in [-0.3, -0.25) is 4.79 Å². The van der Waals surface area contributed by atoms with E-state index < -0.39 is 0 Å². The van der Waals surface area contributed by atoms with Gasteiger partial charge in [-0.05, 0) is 32.2 Å². The van der Waals surface area contributed by atoms with Crippen LogP contribution in [0.2, 0.25) is 0 Å². The van der Waals surface area contributed by atoms with E-state index in [-0.39, 0.29) is 18.6 Å². The molecule has 1 amide bonds. The number of carbonyl (C=O) groups is 1. The first kappa shape index (κ1) is 14.4. The third kappa shape index (κ3) is 8.39. The Kier molecular flexibility index (Phi) is 8.33. The maximum atomic E-state index is 11.5. The van der Waals surface area contributed by atoms with Crippen molar-refractivity contribution in [1.29, 1.82) is 0 Å². The molecule has 4 nitrogen and oxygen atoms in total. The number of hydrogen-bond donors (Lipinski definition) is 3. The van der Waals surface area contributed by atoms with Gasteiger partial charge >= 0.3 is 0 Å². The van der Waals surface area contributed by atoms with Gasteiger partial charge in [0.25, 0.3) is 0 Å². The second-order valence-corrected chi connectivity index (χ2v) is 4.23. The first-order valence-electron chi connectivity index (χ1n) is 5.70. The zero-order chi connectivity index (χ0) is 11.7. The highest BCUT2D eigenvalue weighted by atomic mass is 16.3. The first-order chi connectivity index (χ1) is 7.07. The molecule has 0 aromatic rings. The summed E-state index contributed by atoms with van der Waals surface area (Å²) in [6.45, 7) is 7.68. The van der Waals surface area contributed by atoms with Crippen LogP contribution in [-0.2, 0) is 4.79 Å². The van der Waals surface area contributed by atoms with Crippen LogP contribution in [0.3, 0.4) is 0 Å². The van der Waals surface area contributed by atoms with Crippen molar-refractivity contribution in [2.24, 2.45) is 5.92 Å². The Bertz CT molecular complexity index is 172. The molecule has 0 aromatic carbocycles. The normalized spacial score (nSPS) is 12.9. The van der Waals surface area contributed by atoms with Crippen molar-refractivity contribution in [3.05, 3.63) is 0 Å². The zero-order valence-corrected chi connectivity index (χ0v) is 10.0. The molecular weight excluding hydrogens is 192 g/mol. The van der Waals surface area contributed by atoms with Crippen LogP contribution in [0.15, 0.2) is 0 Å². The highest BCUT2D eigenvalue weighted by molar-refractivity contribution is 5.81. The van der Waals surface area contributed by atoms with Crippen molar-refractivity contribution >= 4 is 5.91 Å². The fourth-order valence-electron chi connectivity index (χ4n) is 1.13. The minimum Gasteiger partial charge on any atom is -0.396 e. The van der Waals surface area contributed by atoms with Crippen LogP contribution in [0.4, 0.5) is 0 Å². The van der Waals surface area contributed by atoms with Crippen LogP contribution >= 0.6 is 0 Å². The SMILES string of the molecule is CC(C)CCNC(=O)C(C)NCCCO. The molecular formula is C11H24N2O2. The molecule has 90 valence electrons. The summed E-state index contributed by atoms with van der Waals surface area (Å²) in [7, 11) is 0. The number of aliphatic hydroxyl groups is 1. The van der Waals surface area contributed by atoms with Crippen molar-refractivity contribution in [2.45, 2.75) is 39.7 Å². The minimum atomic E-state index is -0.177. The predicted molar refractivity (Wildman–Crippen MR) is 61.6 cm³/mol. The highest BCUT2D eigenvalue weighted by Crippen LogP contribution is 1.96. The van der Waals surface area contributed by atoms with Crippen molar-refractivity contribution in [2.75, 3.05) is 19.7 Å². The molecule has 0 aliphatic heterocycles. The van der Waals surface area contributed by atoms with Gasteiger partial charge < -0.3 is 15.7 Å². The molecule has 1 atom stereocenters. The maximum absolute atomic E-state index is 11.5. The van der Waals surface area contributed by atoms with Gasteiger partial charge in [0.05, 0.1) is 6.04 Å². The number of nitrogens with one attached hydrogen (secondary N) is 2. The van der Waals surface area contributed by atoms with Gasteiger partial charge in [0.15, 0.2) is 0 Å². The summed E-state index contributed by atoms with van der Waals surface area (Å²) in [5.74, 6) is 0.650. The van der Waals surface area contributed by atoms with E-state index in [2.05, 4.69) is 24.5 Å². The Balaban J connectivity index is 3.51. The molecule has 0 aromatic heterocycles. The van der Waals surface area contributed by atoms with Crippen molar-refractivity contribution in [3.8, 4) is 0 Å². The lowest BCUT2D eigenvalue weighted by atomic mass is 10.1. The molecule has 4 heteroatoms. The monoisotopic (exact) mass is 216 g/mol. The molecule has 0 saturated heterocycles. The summed E-state index contributed by atoms with van der Waals surface area (Å²) in [6.07, 6.45) is 1.69. The quantitative estimate of drug-likeness (QED) is 0.518. The minimum absolute atomic E-state index is 0.0357. The van der Waals surface area contributed by atoms with E-state index in [1.54, 1.807) is 0 Å². The molecule has 0 saturated carbocycles. The van der Waals surface area contributed by atoms with Crippen LogP contribution in [0.25, 0.3) is 0 Å². The average Bonchev–Trinajstić information content (AvgIpc) is 2.17. The van der Waals surface area contributed by atoms with Gasteiger partial charge in [0, 0.05) is 13.2 Å². The van der Waals surface area contributed by atoms with Crippen LogP contribution in [0.1, 0.15) is 33.6 Å². The van der Waals surface area contributed by atoms with Gasteiger partial charge in [-0.15, -0.1) is 0 Å². The lowest BCUT2D eigenvalue weighted by molar-refractivity contribution is -0.122. The van der Waals surface area contributed by atoms with Gasteiger partial charge in [0.1, 0.15) is 0 Å². The van der Waals surface area contributed by atoms with Crippen LogP contribution in [0.5, 0.6) is 0 Å². The molecule has 0 rings (SSSR count). The zero-order valence-electron chi connectivity index (χ0n) is 10.0. The summed E-state index contributed by atoms with van der Waals surface area (Å²) in [5, 5.41) is 14.5. The van der Waals surface area contributed by atoms with E-state index in [1.807, 2.05) is 6.92 Å². The summed E-state index contributed by atoms with van der Waals surface area (Å²) in [4.78, 5) is 11.5. The van der Waals surface area contributed by atoms with Gasteiger partial charge in [0.2, 0.25) is 5.91 Å². The molecule has 0 radical (unpaired) electrons. The van der Waals surface area contributed by atoms with Crippen LogP contribution < -0.4 is 10.6 Å². The topological polar surface area (TPSA) is 61.4 Å². The summed E-state index contributed by atoms with van der Waals surface area (Å²) < 4.78 is 0. The second kappa shape index (κ2) is 8.68. The van der Waals surface area contributed by atoms with Crippen molar-refractivity contribution in [3.63, 3.8) is 0 Å². The first-order valence-corrected chi connectivity index (χ1v) is 5.70. The Morgan fingerprint density at radius 3 is 2.47 bits per heavy atom. The predicted octanol–water partition coefficient (Wildman–Crippen LogP) is 0.509. The van der Waals surface area contributed by atoms with Gasteiger partial charge in [-0.2, -0.15) is 0 Å². The van der Waals surface area contributed by atoms with E-state index in [1.165, 1.54) is 0 Å². The Morgan fingerprint density at radius 2 is 1.93 bits per heavy atom. The number of hydrogen-bond acceptors (Lipinski definition) is 3. The Morgan fingerprint density at radius 1 is 1.27 bits per heavy atom. The molecule has 15 heavy (non-hydrogen) atoms. The summed E-state index contributed by atoms with van der Waals surface area (Å²) >= 11 is 0. The molecule has 0 heterocycles. The number of aliphatic hydroxyl groups excluding tert-OH is 1. The largest absolute Gasteiger partial charge is 0.396 e. The standard InChI is InChI=1S/C11H24N2O2/c1-9(2)5-7-13-11(15)10(3)12-6-4-8-14/h9-10,12,14H,4-8H2,1-3H3,(H,13,15). The molecule has 0 spiro atoms. The van der Waals surface area contributed by atoms with E-state index >= 15 is 0 Å². The molecule has 0 bridgehead atoms. The van der Waals surface area contributed by atoms with Gasteiger partial charge in [-0.25, -0.2) is 0 Å². The molecule has 0 aliphatic carbocycles. The van der Waals surface area contributed by atoms with Crippen LogP contribution in [-0.4, -0.2) is 36.8 Å². The van der Waals surface area contributed by atoms with E-state index in [0.717, 1.165) is 13.0 Å². The van der Waals surface area contributed by atoms with Gasteiger partial charge in [-0.1, -0.05) is 13.8 Å². The molecule has 0 fully saturated rings. The van der Waals surface area contributed by atoms with Crippen molar-refractivity contribution in [1.82, 2.24) is 10.6 Å². The number of amides is 1. The maximum Gasteiger partial charge on any atom is 0.236 e. The fraction of sp³-hybridized carbons (Fsp3) is 0.909. The average molecular weight is 216 g/mol. The Labute approximate surface area is 92.4 Å². The lowest BCUT2D eigenvalue weighted by Gasteiger charge is -2.14. The van der Waals surface area contributed by atoms with E-state index in [0.29, 0.717) is 18.9 Å². The van der Waals surface area contributed by atoms with Crippen LogP contribution in [0, 0.1) is 5.92 Å². The molecule has 3 N–H and O–H groups in total.